The third-order valence-corrected chi connectivity index (χ3v) is 9.47. The Morgan fingerprint density at radius 2 is 1.47 bits per heavy atom. The van der Waals surface area contributed by atoms with Crippen molar-refractivity contribution < 1.29 is 22.7 Å². The van der Waals surface area contributed by atoms with Crippen molar-refractivity contribution in [2.24, 2.45) is 11.8 Å². The molecular weight excluding hydrogens is 478 g/mol. The third kappa shape index (κ3) is 5.19. The van der Waals surface area contributed by atoms with Gasteiger partial charge in [0.05, 0.1) is 36.1 Å². The smallest absolute Gasteiger partial charge is 0.243 e. The van der Waals surface area contributed by atoms with Gasteiger partial charge in [-0.05, 0) is 43.4 Å². The van der Waals surface area contributed by atoms with Gasteiger partial charge in [0.1, 0.15) is 0 Å². The molecule has 0 bridgehead atoms. The molecule has 3 saturated heterocycles. The molecule has 1 N–H and O–H groups in total. The lowest BCUT2D eigenvalue weighted by Gasteiger charge is -2.41. The minimum Gasteiger partial charge on any atom is -0.377 e. The zero-order valence-corrected chi connectivity index (χ0v) is 21.1. The SMILES string of the molecule is O=C(NC1COC1)C1CCN(C(=O)[C@@H]2CC[C@H](c3ccccc3)N(S(=O)(=O)c3ccccc3)C2)CC1. The zero-order valence-electron chi connectivity index (χ0n) is 20.3. The van der Waals surface area contributed by atoms with Gasteiger partial charge in [-0.15, -0.1) is 0 Å². The molecule has 3 heterocycles. The van der Waals surface area contributed by atoms with Gasteiger partial charge >= 0.3 is 0 Å². The van der Waals surface area contributed by atoms with Crippen molar-refractivity contribution in [3.05, 3.63) is 66.2 Å². The molecule has 0 saturated carbocycles. The maximum absolute atomic E-state index is 13.7. The minimum absolute atomic E-state index is 0.0129. The lowest BCUT2D eigenvalue weighted by Crippen LogP contribution is -2.53. The average molecular weight is 512 g/mol. The highest BCUT2D eigenvalue weighted by molar-refractivity contribution is 7.89. The summed E-state index contributed by atoms with van der Waals surface area (Å²) in [6, 6.07) is 17.9. The maximum atomic E-state index is 13.7. The molecule has 0 spiro atoms. The van der Waals surface area contributed by atoms with E-state index >= 15 is 0 Å². The molecule has 9 heteroatoms. The van der Waals surface area contributed by atoms with Crippen molar-refractivity contribution in [2.75, 3.05) is 32.8 Å². The van der Waals surface area contributed by atoms with E-state index in [1.165, 1.54) is 4.31 Å². The van der Waals surface area contributed by atoms with Crippen LogP contribution < -0.4 is 5.32 Å². The van der Waals surface area contributed by atoms with Crippen LogP contribution in [0.5, 0.6) is 0 Å². The Balaban J connectivity index is 1.28. The fourth-order valence-electron chi connectivity index (χ4n) is 5.40. The molecule has 3 fully saturated rings. The Morgan fingerprint density at radius 1 is 0.833 bits per heavy atom. The van der Waals surface area contributed by atoms with E-state index in [1.54, 1.807) is 30.3 Å². The maximum Gasteiger partial charge on any atom is 0.243 e. The number of sulfonamides is 1. The second-order valence-electron chi connectivity index (χ2n) is 9.93. The summed E-state index contributed by atoms with van der Waals surface area (Å²) in [5.74, 6) is -0.473. The summed E-state index contributed by atoms with van der Waals surface area (Å²) in [5.41, 5.74) is 0.937. The van der Waals surface area contributed by atoms with E-state index in [1.807, 2.05) is 35.2 Å². The quantitative estimate of drug-likeness (QED) is 0.643. The lowest BCUT2D eigenvalue weighted by molar-refractivity contribution is -0.141. The molecule has 0 unspecified atom stereocenters. The highest BCUT2D eigenvalue weighted by Gasteiger charge is 2.41. The number of carbonyl (C=O) groups excluding carboxylic acids is 2. The third-order valence-electron chi connectivity index (χ3n) is 7.58. The molecule has 8 nitrogen and oxygen atoms in total. The van der Waals surface area contributed by atoms with Crippen molar-refractivity contribution in [3.8, 4) is 0 Å². The summed E-state index contributed by atoms with van der Waals surface area (Å²) in [7, 11) is -3.79. The van der Waals surface area contributed by atoms with Crippen LogP contribution in [0.4, 0.5) is 0 Å². The molecule has 3 aliphatic rings. The van der Waals surface area contributed by atoms with Crippen LogP contribution in [-0.4, -0.2) is 68.3 Å². The number of likely N-dealkylation sites (tertiary alicyclic amines) is 1. The molecule has 0 radical (unpaired) electrons. The first-order valence-electron chi connectivity index (χ1n) is 12.7. The Morgan fingerprint density at radius 3 is 2.08 bits per heavy atom. The van der Waals surface area contributed by atoms with Crippen LogP contribution in [0.3, 0.4) is 0 Å². The van der Waals surface area contributed by atoms with E-state index in [9.17, 15) is 18.0 Å². The predicted octanol–water partition coefficient (Wildman–Crippen LogP) is 2.58. The second kappa shape index (κ2) is 10.7. The van der Waals surface area contributed by atoms with Gasteiger partial charge < -0.3 is 15.0 Å². The van der Waals surface area contributed by atoms with Crippen LogP contribution in [0, 0.1) is 11.8 Å². The van der Waals surface area contributed by atoms with Gasteiger partial charge in [0.25, 0.3) is 0 Å². The van der Waals surface area contributed by atoms with Crippen LogP contribution in [0.2, 0.25) is 0 Å². The first-order valence-corrected chi connectivity index (χ1v) is 14.2. The van der Waals surface area contributed by atoms with Crippen molar-refractivity contribution in [1.29, 1.82) is 0 Å². The number of benzene rings is 2. The van der Waals surface area contributed by atoms with Crippen LogP contribution in [0.1, 0.15) is 37.3 Å². The number of amides is 2. The van der Waals surface area contributed by atoms with Gasteiger partial charge in [0.2, 0.25) is 21.8 Å². The number of piperidine rings is 2. The molecule has 2 aromatic rings. The summed E-state index contributed by atoms with van der Waals surface area (Å²) < 4.78 is 34.0. The van der Waals surface area contributed by atoms with Crippen LogP contribution >= 0.6 is 0 Å². The largest absolute Gasteiger partial charge is 0.377 e. The molecule has 2 amide bonds. The molecule has 2 atom stereocenters. The topological polar surface area (TPSA) is 96.0 Å². The summed E-state index contributed by atoms with van der Waals surface area (Å²) in [4.78, 5) is 28.1. The number of ether oxygens (including phenoxy) is 1. The standard InChI is InChI=1S/C27H33N3O5S/c31-26(28-23-18-35-19-23)21-13-15-29(16-14-21)27(32)22-11-12-25(20-7-3-1-4-8-20)30(17-22)36(33,34)24-9-5-2-6-10-24/h1-10,21-23,25H,11-19H2,(H,28,31)/t22-,25-/m1/s1. The monoisotopic (exact) mass is 511 g/mol. The fourth-order valence-corrected chi connectivity index (χ4v) is 7.11. The molecule has 5 rings (SSSR count). The second-order valence-corrected chi connectivity index (χ2v) is 11.8. The van der Waals surface area contributed by atoms with E-state index < -0.39 is 15.9 Å². The van der Waals surface area contributed by atoms with E-state index in [2.05, 4.69) is 5.32 Å². The molecule has 192 valence electrons. The van der Waals surface area contributed by atoms with Crippen molar-refractivity contribution in [1.82, 2.24) is 14.5 Å². The zero-order chi connectivity index (χ0) is 25.1. The molecule has 0 aliphatic carbocycles. The van der Waals surface area contributed by atoms with Gasteiger partial charge in [-0.2, -0.15) is 4.31 Å². The fraction of sp³-hybridized carbons (Fsp3) is 0.481. The summed E-state index contributed by atoms with van der Waals surface area (Å²) in [6.45, 7) is 2.32. The predicted molar refractivity (Wildman–Crippen MR) is 134 cm³/mol. The summed E-state index contributed by atoms with van der Waals surface area (Å²) in [6.07, 6.45) is 2.45. The Labute approximate surface area is 212 Å². The number of nitrogens with one attached hydrogen (secondary N) is 1. The van der Waals surface area contributed by atoms with E-state index in [0.717, 1.165) is 5.56 Å². The minimum atomic E-state index is -3.79. The number of nitrogens with zero attached hydrogens (tertiary/aromatic N) is 2. The van der Waals surface area contributed by atoms with Gasteiger partial charge in [-0.3, -0.25) is 9.59 Å². The van der Waals surface area contributed by atoms with Gasteiger partial charge in [0.15, 0.2) is 0 Å². The van der Waals surface area contributed by atoms with Gasteiger partial charge in [0, 0.05) is 25.6 Å². The highest BCUT2D eigenvalue weighted by atomic mass is 32.2. The Hall–Kier alpha value is -2.75. The van der Waals surface area contributed by atoms with Crippen LogP contribution in [-0.2, 0) is 24.3 Å². The number of hydrogen-bond donors (Lipinski definition) is 1. The highest BCUT2D eigenvalue weighted by Crippen LogP contribution is 2.38. The van der Waals surface area contributed by atoms with E-state index in [0.29, 0.717) is 52.0 Å². The van der Waals surface area contributed by atoms with Gasteiger partial charge in [-0.1, -0.05) is 48.5 Å². The number of hydrogen-bond acceptors (Lipinski definition) is 5. The molecule has 3 aliphatic heterocycles. The van der Waals surface area contributed by atoms with Crippen LogP contribution in [0.15, 0.2) is 65.6 Å². The lowest BCUT2D eigenvalue weighted by atomic mass is 9.88. The Kier molecular flexibility index (Phi) is 7.41. The first kappa shape index (κ1) is 24.9. The molecular formula is C27H33N3O5S. The number of carbonyl (C=O) groups is 2. The van der Waals surface area contributed by atoms with Crippen molar-refractivity contribution in [3.63, 3.8) is 0 Å². The summed E-state index contributed by atoms with van der Waals surface area (Å²) in [5, 5.41) is 3.01. The molecule has 36 heavy (non-hydrogen) atoms. The summed E-state index contributed by atoms with van der Waals surface area (Å²) >= 11 is 0. The van der Waals surface area contributed by atoms with Gasteiger partial charge in [-0.25, -0.2) is 8.42 Å². The van der Waals surface area contributed by atoms with Crippen molar-refractivity contribution in [2.45, 2.75) is 42.7 Å². The first-order chi connectivity index (χ1) is 17.4. The molecule has 0 aromatic heterocycles. The van der Waals surface area contributed by atoms with E-state index in [-0.39, 0.29) is 41.3 Å². The Bertz CT molecular complexity index is 1160. The molecule has 2 aromatic carbocycles. The normalized spacial score (nSPS) is 24.2. The van der Waals surface area contributed by atoms with E-state index in [4.69, 9.17) is 4.74 Å². The van der Waals surface area contributed by atoms with Crippen molar-refractivity contribution >= 4 is 21.8 Å². The van der Waals surface area contributed by atoms with Crippen LogP contribution in [0.25, 0.3) is 0 Å². The average Bonchev–Trinajstić information content (AvgIpc) is 2.91. The number of rotatable bonds is 6.